The standard InChI is InChI=1S/C10H13NO5/c1-7-9(11(14)15)3-2-4-10(7)16-6-8(13)5-12/h2-4,8,12-13H,5-6H2,1H3. The Balaban J connectivity index is 2.81. The summed E-state index contributed by atoms with van der Waals surface area (Å²) in [7, 11) is 0. The summed E-state index contributed by atoms with van der Waals surface area (Å²) >= 11 is 0. The van der Waals surface area contributed by atoms with Crippen LogP contribution in [-0.4, -0.2) is 34.5 Å². The monoisotopic (exact) mass is 227 g/mol. The molecule has 6 nitrogen and oxygen atoms in total. The van der Waals surface area contributed by atoms with E-state index in [9.17, 15) is 10.1 Å². The van der Waals surface area contributed by atoms with Gasteiger partial charge in [0.25, 0.3) is 5.69 Å². The third kappa shape index (κ3) is 2.91. The Kier molecular flexibility index (Phi) is 4.21. The Morgan fingerprint density at radius 1 is 1.56 bits per heavy atom. The molecule has 0 radical (unpaired) electrons. The van der Waals surface area contributed by atoms with Crippen LogP contribution in [-0.2, 0) is 0 Å². The van der Waals surface area contributed by atoms with E-state index in [2.05, 4.69) is 0 Å². The fourth-order valence-electron chi connectivity index (χ4n) is 1.20. The molecule has 1 aromatic carbocycles. The van der Waals surface area contributed by atoms with Crippen molar-refractivity contribution in [2.24, 2.45) is 0 Å². The molecule has 2 N–H and O–H groups in total. The molecule has 0 bridgehead atoms. The highest BCUT2D eigenvalue weighted by atomic mass is 16.6. The van der Waals surface area contributed by atoms with Gasteiger partial charge >= 0.3 is 0 Å². The molecule has 0 saturated heterocycles. The highest BCUT2D eigenvalue weighted by Gasteiger charge is 2.14. The number of hydrogen-bond donors (Lipinski definition) is 2. The minimum Gasteiger partial charge on any atom is -0.490 e. The Bertz CT molecular complexity index is 379. The second-order valence-electron chi connectivity index (χ2n) is 3.30. The summed E-state index contributed by atoms with van der Waals surface area (Å²) < 4.78 is 5.17. The SMILES string of the molecule is Cc1c(OCC(O)CO)cccc1[N+](=O)[O-]. The maximum atomic E-state index is 10.6. The van der Waals surface area contributed by atoms with Crippen molar-refractivity contribution in [3.05, 3.63) is 33.9 Å². The van der Waals surface area contributed by atoms with Gasteiger partial charge in [0.1, 0.15) is 18.5 Å². The van der Waals surface area contributed by atoms with E-state index in [0.717, 1.165) is 0 Å². The summed E-state index contributed by atoms with van der Waals surface area (Å²) in [5, 5.41) is 28.3. The van der Waals surface area contributed by atoms with Crippen molar-refractivity contribution in [2.75, 3.05) is 13.2 Å². The lowest BCUT2D eigenvalue weighted by atomic mass is 10.2. The van der Waals surface area contributed by atoms with Crippen LogP contribution in [0.5, 0.6) is 5.75 Å². The first kappa shape index (κ1) is 12.4. The van der Waals surface area contributed by atoms with E-state index in [-0.39, 0.29) is 12.3 Å². The van der Waals surface area contributed by atoms with Gasteiger partial charge in [-0.05, 0) is 13.0 Å². The number of hydrogen-bond acceptors (Lipinski definition) is 5. The average molecular weight is 227 g/mol. The maximum absolute atomic E-state index is 10.6. The largest absolute Gasteiger partial charge is 0.490 e. The molecule has 0 fully saturated rings. The number of nitro groups is 1. The predicted molar refractivity (Wildman–Crippen MR) is 56.4 cm³/mol. The van der Waals surface area contributed by atoms with Gasteiger partial charge in [-0.25, -0.2) is 0 Å². The molecule has 0 aliphatic heterocycles. The molecule has 0 saturated carbocycles. The van der Waals surface area contributed by atoms with Crippen LogP contribution >= 0.6 is 0 Å². The van der Waals surface area contributed by atoms with E-state index >= 15 is 0 Å². The third-order valence-electron chi connectivity index (χ3n) is 2.09. The number of nitrogens with zero attached hydrogens (tertiary/aromatic N) is 1. The molecule has 0 aliphatic rings. The van der Waals surface area contributed by atoms with Crippen molar-refractivity contribution in [3.8, 4) is 5.75 Å². The minimum absolute atomic E-state index is 0.0315. The van der Waals surface area contributed by atoms with Crippen LogP contribution in [0.1, 0.15) is 5.56 Å². The summed E-state index contributed by atoms with van der Waals surface area (Å²) in [6, 6.07) is 4.46. The van der Waals surface area contributed by atoms with E-state index in [1.807, 2.05) is 0 Å². The smallest absolute Gasteiger partial charge is 0.276 e. The van der Waals surface area contributed by atoms with E-state index in [1.165, 1.54) is 12.1 Å². The normalized spacial score (nSPS) is 12.2. The van der Waals surface area contributed by atoms with Gasteiger partial charge in [-0.15, -0.1) is 0 Å². The second-order valence-corrected chi connectivity index (χ2v) is 3.30. The van der Waals surface area contributed by atoms with Crippen molar-refractivity contribution in [1.82, 2.24) is 0 Å². The highest BCUT2D eigenvalue weighted by molar-refractivity contribution is 5.48. The number of aliphatic hydroxyl groups is 2. The Morgan fingerprint density at radius 3 is 2.81 bits per heavy atom. The van der Waals surface area contributed by atoms with Gasteiger partial charge in [0, 0.05) is 6.07 Å². The van der Waals surface area contributed by atoms with Gasteiger partial charge in [0.05, 0.1) is 17.1 Å². The molecule has 6 heteroatoms. The Labute approximate surface area is 92.2 Å². The van der Waals surface area contributed by atoms with Crippen LogP contribution in [0.2, 0.25) is 0 Å². The molecule has 1 aromatic rings. The van der Waals surface area contributed by atoms with E-state index in [1.54, 1.807) is 13.0 Å². The fraction of sp³-hybridized carbons (Fsp3) is 0.400. The summed E-state index contributed by atoms with van der Waals surface area (Å²) in [5.41, 5.74) is 0.369. The number of ether oxygens (including phenoxy) is 1. The lowest BCUT2D eigenvalue weighted by molar-refractivity contribution is -0.385. The molecule has 0 aliphatic carbocycles. The summed E-state index contributed by atoms with van der Waals surface area (Å²) in [5.74, 6) is 0.335. The van der Waals surface area contributed by atoms with E-state index < -0.39 is 17.6 Å². The van der Waals surface area contributed by atoms with Crippen LogP contribution in [0.4, 0.5) is 5.69 Å². The highest BCUT2D eigenvalue weighted by Crippen LogP contribution is 2.26. The van der Waals surface area contributed by atoms with Crippen LogP contribution in [0.15, 0.2) is 18.2 Å². The Morgan fingerprint density at radius 2 is 2.25 bits per heavy atom. The first-order chi connectivity index (χ1) is 7.56. The number of nitro benzene ring substituents is 1. The zero-order valence-electron chi connectivity index (χ0n) is 8.79. The molecule has 88 valence electrons. The number of rotatable bonds is 5. The van der Waals surface area contributed by atoms with Crippen LogP contribution in [0.3, 0.4) is 0 Å². The summed E-state index contributed by atoms with van der Waals surface area (Å²) in [6.07, 6.45) is -0.987. The molecule has 0 heterocycles. The van der Waals surface area contributed by atoms with Gasteiger partial charge < -0.3 is 14.9 Å². The summed E-state index contributed by atoms with van der Waals surface area (Å²) in [4.78, 5) is 10.1. The summed E-state index contributed by atoms with van der Waals surface area (Å²) in [6.45, 7) is 1.06. The van der Waals surface area contributed by atoms with Crippen molar-refractivity contribution < 1.29 is 19.9 Å². The molecule has 1 atom stereocenters. The Hall–Kier alpha value is -1.66. The van der Waals surface area contributed by atoms with E-state index in [0.29, 0.717) is 11.3 Å². The lowest BCUT2D eigenvalue weighted by Gasteiger charge is -2.11. The molecular formula is C10H13NO5. The lowest BCUT2D eigenvalue weighted by Crippen LogP contribution is -2.21. The zero-order chi connectivity index (χ0) is 12.1. The van der Waals surface area contributed by atoms with Gasteiger partial charge in [0.2, 0.25) is 0 Å². The van der Waals surface area contributed by atoms with Crippen molar-refractivity contribution in [2.45, 2.75) is 13.0 Å². The zero-order valence-corrected chi connectivity index (χ0v) is 8.79. The maximum Gasteiger partial charge on any atom is 0.276 e. The molecule has 1 unspecified atom stereocenters. The second kappa shape index (κ2) is 5.43. The fourth-order valence-corrected chi connectivity index (χ4v) is 1.20. The van der Waals surface area contributed by atoms with Crippen molar-refractivity contribution >= 4 is 5.69 Å². The van der Waals surface area contributed by atoms with Crippen molar-refractivity contribution in [3.63, 3.8) is 0 Å². The minimum atomic E-state index is -0.987. The molecule has 1 rings (SSSR count). The topological polar surface area (TPSA) is 92.8 Å². The van der Waals surface area contributed by atoms with Gasteiger partial charge in [-0.2, -0.15) is 0 Å². The molecule has 0 aromatic heterocycles. The quantitative estimate of drug-likeness (QED) is 0.568. The first-order valence-corrected chi connectivity index (χ1v) is 4.72. The van der Waals surface area contributed by atoms with Crippen molar-refractivity contribution in [1.29, 1.82) is 0 Å². The van der Waals surface area contributed by atoms with E-state index in [4.69, 9.17) is 14.9 Å². The average Bonchev–Trinajstić information content (AvgIpc) is 2.26. The molecule has 0 spiro atoms. The third-order valence-corrected chi connectivity index (χ3v) is 2.09. The predicted octanol–water partition coefficient (Wildman–Crippen LogP) is 0.635. The van der Waals surface area contributed by atoms with Gasteiger partial charge in [-0.1, -0.05) is 6.07 Å². The first-order valence-electron chi connectivity index (χ1n) is 4.72. The molecular weight excluding hydrogens is 214 g/mol. The molecule has 16 heavy (non-hydrogen) atoms. The molecule has 0 amide bonds. The van der Waals surface area contributed by atoms with Crippen LogP contribution < -0.4 is 4.74 Å². The number of aliphatic hydroxyl groups excluding tert-OH is 2. The van der Waals surface area contributed by atoms with Crippen LogP contribution in [0, 0.1) is 17.0 Å². The van der Waals surface area contributed by atoms with Crippen LogP contribution in [0.25, 0.3) is 0 Å². The number of benzene rings is 1. The van der Waals surface area contributed by atoms with Gasteiger partial charge in [-0.3, -0.25) is 10.1 Å². The van der Waals surface area contributed by atoms with Gasteiger partial charge in [0.15, 0.2) is 0 Å².